The van der Waals surface area contributed by atoms with Crippen LogP contribution in [0.5, 0.6) is 0 Å². The van der Waals surface area contributed by atoms with E-state index in [0.29, 0.717) is 5.69 Å². The van der Waals surface area contributed by atoms with Gasteiger partial charge in [0, 0.05) is 11.8 Å². The SMILES string of the molecule is CC(=O)c1c(F)ccc(-c2cc(C)ccn2)c1F. The van der Waals surface area contributed by atoms with E-state index in [1.54, 1.807) is 18.3 Å². The molecule has 1 heterocycles. The minimum atomic E-state index is -0.861. The van der Waals surface area contributed by atoms with Gasteiger partial charge in [0.2, 0.25) is 0 Å². The topological polar surface area (TPSA) is 30.0 Å². The number of aryl methyl sites for hydroxylation is 1. The number of benzene rings is 1. The van der Waals surface area contributed by atoms with Gasteiger partial charge in [-0.15, -0.1) is 0 Å². The molecule has 0 aliphatic carbocycles. The third-order valence-electron chi connectivity index (χ3n) is 2.63. The normalized spacial score (nSPS) is 10.4. The Morgan fingerprint density at radius 1 is 1.22 bits per heavy atom. The van der Waals surface area contributed by atoms with Gasteiger partial charge in [-0.2, -0.15) is 0 Å². The number of hydrogen-bond acceptors (Lipinski definition) is 2. The Hall–Kier alpha value is -2.10. The first-order valence-corrected chi connectivity index (χ1v) is 5.42. The molecule has 0 saturated heterocycles. The fourth-order valence-corrected chi connectivity index (χ4v) is 1.76. The highest BCUT2D eigenvalue weighted by Gasteiger charge is 2.18. The van der Waals surface area contributed by atoms with Crippen LogP contribution in [0.1, 0.15) is 22.8 Å². The fourth-order valence-electron chi connectivity index (χ4n) is 1.76. The van der Waals surface area contributed by atoms with Crippen LogP contribution in [0, 0.1) is 18.6 Å². The summed E-state index contributed by atoms with van der Waals surface area (Å²) in [5, 5.41) is 0. The second kappa shape index (κ2) is 4.64. The number of ketones is 1. The summed E-state index contributed by atoms with van der Waals surface area (Å²) in [5.41, 5.74) is 0.907. The summed E-state index contributed by atoms with van der Waals surface area (Å²) in [7, 11) is 0. The average Bonchev–Trinajstić information content (AvgIpc) is 2.28. The molecule has 0 atom stereocenters. The maximum absolute atomic E-state index is 14.1. The van der Waals surface area contributed by atoms with Crippen LogP contribution in [0.25, 0.3) is 11.3 Å². The van der Waals surface area contributed by atoms with Crippen LogP contribution in [0.4, 0.5) is 8.78 Å². The fraction of sp³-hybridized carbons (Fsp3) is 0.143. The van der Waals surface area contributed by atoms with Crippen LogP contribution in [0.15, 0.2) is 30.5 Å². The minimum absolute atomic E-state index is 0.130. The molecule has 0 bridgehead atoms. The van der Waals surface area contributed by atoms with Crippen molar-refractivity contribution in [3.63, 3.8) is 0 Å². The molecule has 0 radical (unpaired) electrons. The molecule has 0 aliphatic heterocycles. The first-order valence-electron chi connectivity index (χ1n) is 5.42. The summed E-state index contributed by atoms with van der Waals surface area (Å²) in [6.45, 7) is 2.98. The highest BCUT2D eigenvalue weighted by atomic mass is 19.1. The lowest BCUT2D eigenvalue weighted by molar-refractivity contribution is 0.101. The lowest BCUT2D eigenvalue weighted by atomic mass is 10.0. The molecule has 18 heavy (non-hydrogen) atoms. The maximum atomic E-state index is 14.1. The van der Waals surface area contributed by atoms with E-state index >= 15 is 0 Å². The van der Waals surface area contributed by atoms with Crippen LogP contribution in [-0.4, -0.2) is 10.8 Å². The van der Waals surface area contributed by atoms with Gasteiger partial charge < -0.3 is 0 Å². The number of aromatic nitrogens is 1. The summed E-state index contributed by atoms with van der Waals surface area (Å²) in [6, 6.07) is 5.83. The average molecular weight is 247 g/mol. The van der Waals surface area contributed by atoms with Crippen molar-refractivity contribution in [1.82, 2.24) is 4.98 Å². The highest BCUT2D eigenvalue weighted by Crippen LogP contribution is 2.26. The lowest BCUT2D eigenvalue weighted by Crippen LogP contribution is -2.03. The number of pyridine rings is 1. The van der Waals surface area contributed by atoms with Gasteiger partial charge in [-0.25, -0.2) is 8.78 Å². The molecule has 0 saturated carbocycles. The van der Waals surface area contributed by atoms with Crippen molar-refractivity contribution in [2.45, 2.75) is 13.8 Å². The van der Waals surface area contributed by atoms with Gasteiger partial charge in [-0.05, 0) is 43.7 Å². The molecule has 2 nitrogen and oxygen atoms in total. The van der Waals surface area contributed by atoms with Crippen LogP contribution in [0.3, 0.4) is 0 Å². The highest BCUT2D eigenvalue weighted by molar-refractivity contribution is 5.95. The molecule has 0 fully saturated rings. The molecule has 0 spiro atoms. The molecule has 2 rings (SSSR count). The standard InChI is InChI=1S/C14H11F2NO/c1-8-5-6-17-12(7-8)10-3-4-11(15)13(9(2)18)14(10)16/h3-7H,1-2H3. The zero-order chi connectivity index (χ0) is 13.3. The monoisotopic (exact) mass is 247 g/mol. The molecular weight excluding hydrogens is 236 g/mol. The van der Waals surface area contributed by atoms with Crippen LogP contribution in [0.2, 0.25) is 0 Å². The Morgan fingerprint density at radius 3 is 2.56 bits per heavy atom. The van der Waals surface area contributed by atoms with Crippen molar-refractivity contribution in [2.75, 3.05) is 0 Å². The third kappa shape index (κ3) is 2.14. The number of hydrogen-bond donors (Lipinski definition) is 0. The van der Waals surface area contributed by atoms with Gasteiger partial charge in [-0.3, -0.25) is 9.78 Å². The van der Waals surface area contributed by atoms with Gasteiger partial charge in [0.15, 0.2) is 5.78 Å². The predicted octanol–water partition coefficient (Wildman–Crippen LogP) is 3.54. The van der Waals surface area contributed by atoms with Crippen molar-refractivity contribution >= 4 is 5.78 Å². The molecule has 0 aliphatic rings. The summed E-state index contributed by atoms with van der Waals surface area (Å²) in [5.74, 6) is -2.35. The second-order valence-corrected chi connectivity index (χ2v) is 4.06. The molecule has 1 aromatic carbocycles. The number of nitrogens with zero attached hydrogens (tertiary/aromatic N) is 1. The quantitative estimate of drug-likeness (QED) is 0.760. The first kappa shape index (κ1) is 12.4. The van der Waals surface area contributed by atoms with E-state index < -0.39 is 23.0 Å². The summed E-state index contributed by atoms with van der Waals surface area (Å²) in [6.07, 6.45) is 1.54. The number of carbonyl (C=O) groups is 1. The van der Waals surface area contributed by atoms with E-state index in [4.69, 9.17) is 0 Å². The Bertz CT molecular complexity index is 623. The summed E-state index contributed by atoms with van der Waals surface area (Å²) >= 11 is 0. The van der Waals surface area contributed by atoms with Crippen molar-refractivity contribution in [1.29, 1.82) is 0 Å². The molecule has 4 heteroatoms. The van der Waals surface area contributed by atoms with Crippen LogP contribution >= 0.6 is 0 Å². The van der Waals surface area contributed by atoms with Gasteiger partial charge >= 0.3 is 0 Å². The zero-order valence-electron chi connectivity index (χ0n) is 10.00. The largest absolute Gasteiger partial charge is 0.294 e. The maximum Gasteiger partial charge on any atom is 0.165 e. The lowest BCUT2D eigenvalue weighted by Gasteiger charge is -2.07. The molecule has 0 unspecified atom stereocenters. The van der Waals surface area contributed by atoms with E-state index in [2.05, 4.69) is 4.98 Å². The number of carbonyl (C=O) groups excluding carboxylic acids is 1. The molecule has 92 valence electrons. The Morgan fingerprint density at radius 2 is 1.94 bits per heavy atom. The van der Waals surface area contributed by atoms with Crippen LogP contribution < -0.4 is 0 Å². The first-order chi connectivity index (χ1) is 8.50. The van der Waals surface area contributed by atoms with E-state index in [1.165, 1.54) is 6.07 Å². The minimum Gasteiger partial charge on any atom is -0.294 e. The molecule has 2 aromatic rings. The third-order valence-corrected chi connectivity index (χ3v) is 2.63. The molecule has 1 aromatic heterocycles. The van der Waals surface area contributed by atoms with E-state index in [1.807, 2.05) is 6.92 Å². The van der Waals surface area contributed by atoms with Crippen molar-refractivity contribution < 1.29 is 13.6 Å². The Balaban J connectivity index is 2.67. The Kier molecular flexibility index (Phi) is 3.19. The van der Waals surface area contributed by atoms with Crippen molar-refractivity contribution in [2.24, 2.45) is 0 Å². The molecular formula is C14H11F2NO. The number of halogens is 2. The molecule has 0 N–H and O–H groups in total. The van der Waals surface area contributed by atoms with Crippen LogP contribution in [-0.2, 0) is 0 Å². The van der Waals surface area contributed by atoms with Crippen molar-refractivity contribution in [3.8, 4) is 11.3 Å². The van der Waals surface area contributed by atoms with E-state index in [9.17, 15) is 13.6 Å². The van der Waals surface area contributed by atoms with Gasteiger partial charge in [-0.1, -0.05) is 0 Å². The summed E-state index contributed by atoms with van der Waals surface area (Å²) < 4.78 is 27.5. The van der Waals surface area contributed by atoms with Gasteiger partial charge in [0.1, 0.15) is 11.6 Å². The molecule has 0 amide bonds. The zero-order valence-corrected chi connectivity index (χ0v) is 10.00. The number of Topliss-reactive ketones (excluding diaryl/α,β-unsaturated/α-hetero) is 1. The number of rotatable bonds is 2. The second-order valence-electron chi connectivity index (χ2n) is 4.06. The van der Waals surface area contributed by atoms with E-state index in [0.717, 1.165) is 18.6 Å². The smallest absolute Gasteiger partial charge is 0.165 e. The van der Waals surface area contributed by atoms with Crippen molar-refractivity contribution in [3.05, 3.63) is 53.2 Å². The van der Waals surface area contributed by atoms with Gasteiger partial charge in [0.25, 0.3) is 0 Å². The predicted molar refractivity (Wildman–Crippen MR) is 64.3 cm³/mol. The summed E-state index contributed by atoms with van der Waals surface area (Å²) in [4.78, 5) is 15.3. The van der Waals surface area contributed by atoms with Gasteiger partial charge in [0.05, 0.1) is 11.3 Å². The van der Waals surface area contributed by atoms with E-state index in [-0.39, 0.29) is 5.56 Å². The Labute approximate surface area is 103 Å².